The molecule has 0 aromatic rings. The SMILES string of the molecule is CCC[Si](C)(OC(C)C)OC(C)(C)C1(CC)OCCCO1. The van der Waals surface area contributed by atoms with Crippen LogP contribution in [0.5, 0.6) is 0 Å². The van der Waals surface area contributed by atoms with Gasteiger partial charge in [-0.25, -0.2) is 0 Å². The van der Waals surface area contributed by atoms with Gasteiger partial charge in [0.15, 0.2) is 5.79 Å². The molecule has 0 aromatic carbocycles. The van der Waals surface area contributed by atoms with Crippen LogP contribution in [0.25, 0.3) is 0 Å². The molecule has 1 unspecified atom stereocenters. The summed E-state index contributed by atoms with van der Waals surface area (Å²) in [7, 11) is -2.26. The second kappa shape index (κ2) is 7.55. The van der Waals surface area contributed by atoms with Crippen LogP contribution >= 0.6 is 0 Å². The van der Waals surface area contributed by atoms with E-state index in [4.69, 9.17) is 18.3 Å². The van der Waals surface area contributed by atoms with Crippen molar-refractivity contribution in [1.29, 1.82) is 0 Å². The van der Waals surface area contributed by atoms with E-state index in [2.05, 4.69) is 48.1 Å². The van der Waals surface area contributed by atoms with E-state index in [1.807, 2.05) is 0 Å². The Bertz CT molecular complexity index is 313. The standard InChI is InChI=1S/C16H34O4Si/c1-8-13-21(7,19-14(3)4)20-15(5,6)16(9-2)17-11-10-12-18-16/h14H,8-13H2,1-7H3. The van der Waals surface area contributed by atoms with Crippen molar-refractivity contribution in [1.82, 2.24) is 0 Å². The zero-order valence-corrected chi connectivity index (χ0v) is 16.0. The van der Waals surface area contributed by atoms with Crippen molar-refractivity contribution in [2.24, 2.45) is 0 Å². The van der Waals surface area contributed by atoms with Gasteiger partial charge < -0.3 is 18.3 Å². The van der Waals surface area contributed by atoms with Crippen LogP contribution in [0.15, 0.2) is 0 Å². The maximum Gasteiger partial charge on any atom is 0.335 e. The fourth-order valence-electron chi connectivity index (χ4n) is 3.26. The Morgan fingerprint density at radius 2 is 1.76 bits per heavy atom. The molecule has 4 nitrogen and oxygen atoms in total. The van der Waals surface area contributed by atoms with E-state index >= 15 is 0 Å². The minimum absolute atomic E-state index is 0.176. The Morgan fingerprint density at radius 1 is 1.19 bits per heavy atom. The molecule has 1 fully saturated rings. The lowest BCUT2D eigenvalue weighted by Crippen LogP contribution is -2.62. The average Bonchev–Trinajstić information content (AvgIpc) is 2.37. The van der Waals surface area contributed by atoms with Crippen LogP contribution < -0.4 is 0 Å². The van der Waals surface area contributed by atoms with Gasteiger partial charge >= 0.3 is 8.56 Å². The van der Waals surface area contributed by atoms with Crippen LogP contribution in [-0.4, -0.2) is 39.3 Å². The molecule has 1 rings (SSSR count). The summed E-state index contributed by atoms with van der Waals surface area (Å²) in [5.41, 5.74) is -0.521. The first kappa shape index (κ1) is 19.1. The Hall–Kier alpha value is 0.0569. The summed E-state index contributed by atoms with van der Waals surface area (Å²) in [6, 6.07) is 0.981. The van der Waals surface area contributed by atoms with Crippen LogP contribution in [0.4, 0.5) is 0 Å². The molecule has 5 heteroatoms. The van der Waals surface area contributed by atoms with Crippen LogP contribution in [-0.2, 0) is 18.3 Å². The third kappa shape index (κ3) is 4.76. The van der Waals surface area contributed by atoms with E-state index in [1.165, 1.54) is 0 Å². The van der Waals surface area contributed by atoms with Crippen molar-refractivity contribution in [2.75, 3.05) is 13.2 Å². The first-order chi connectivity index (χ1) is 9.70. The van der Waals surface area contributed by atoms with Crippen LogP contribution in [0.1, 0.15) is 60.8 Å². The van der Waals surface area contributed by atoms with Gasteiger partial charge in [-0.05, 0) is 46.7 Å². The van der Waals surface area contributed by atoms with Crippen molar-refractivity contribution in [3.05, 3.63) is 0 Å². The van der Waals surface area contributed by atoms with Gasteiger partial charge in [-0.1, -0.05) is 20.3 Å². The van der Waals surface area contributed by atoms with E-state index in [9.17, 15) is 0 Å². The second-order valence-electron chi connectivity index (χ2n) is 6.82. The fourth-order valence-corrected chi connectivity index (χ4v) is 6.66. The van der Waals surface area contributed by atoms with Gasteiger partial charge in [0, 0.05) is 12.5 Å². The molecule has 0 radical (unpaired) electrons. The van der Waals surface area contributed by atoms with E-state index in [-0.39, 0.29) is 6.10 Å². The molecule has 1 saturated heterocycles. The summed E-state index contributed by atoms with van der Waals surface area (Å²) >= 11 is 0. The molecular formula is C16H34O4Si. The number of hydrogen-bond acceptors (Lipinski definition) is 4. The molecule has 1 aliphatic heterocycles. The van der Waals surface area contributed by atoms with Crippen molar-refractivity contribution in [3.8, 4) is 0 Å². The van der Waals surface area contributed by atoms with E-state index in [0.29, 0.717) is 0 Å². The van der Waals surface area contributed by atoms with Crippen LogP contribution in [0.3, 0.4) is 0 Å². The van der Waals surface area contributed by atoms with Crippen LogP contribution in [0, 0.1) is 0 Å². The van der Waals surface area contributed by atoms with E-state index < -0.39 is 19.9 Å². The smallest absolute Gasteiger partial charge is 0.335 e. The van der Waals surface area contributed by atoms with E-state index in [0.717, 1.165) is 38.5 Å². The summed E-state index contributed by atoms with van der Waals surface area (Å²) in [5, 5.41) is 0. The summed E-state index contributed by atoms with van der Waals surface area (Å²) in [6.45, 7) is 16.2. The zero-order valence-electron chi connectivity index (χ0n) is 15.0. The normalized spacial score (nSPS) is 22.3. The molecule has 1 atom stereocenters. The predicted molar refractivity (Wildman–Crippen MR) is 87.6 cm³/mol. The first-order valence-corrected chi connectivity index (χ1v) is 10.9. The largest absolute Gasteiger partial charge is 0.392 e. The molecule has 126 valence electrons. The highest BCUT2D eigenvalue weighted by molar-refractivity contribution is 6.66. The van der Waals surface area contributed by atoms with Gasteiger partial charge in [-0.2, -0.15) is 0 Å². The predicted octanol–water partition coefficient (Wildman–Crippen LogP) is 4.23. The maximum absolute atomic E-state index is 6.58. The Balaban J connectivity index is 2.92. The summed E-state index contributed by atoms with van der Waals surface area (Å²) in [4.78, 5) is 0. The molecule has 1 heterocycles. The first-order valence-electron chi connectivity index (χ1n) is 8.36. The van der Waals surface area contributed by atoms with Gasteiger partial charge in [0.25, 0.3) is 0 Å². The summed E-state index contributed by atoms with van der Waals surface area (Å²) in [5.74, 6) is -0.659. The Kier molecular flexibility index (Phi) is 6.87. The fraction of sp³-hybridized carbons (Fsp3) is 1.00. The summed E-state index contributed by atoms with van der Waals surface area (Å²) in [6.07, 6.45) is 2.96. The van der Waals surface area contributed by atoms with Crippen molar-refractivity contribution in [3.63, 3.8) is 0 Å². The van der Waals surface area contributed by atoms with Gasteiger partial charge in [-0.15, -0.1) is 0 Å². The van der Waals surface area contributed by atoms with Crippen molar-refractivity contribution < 1.29 is 18.3 Å². The maximum atomic E-state index is 6.58. The highest BCUT2D eigenvalue weighted by Gasteiger charge is 2.52. The number of hydrogen-bond donors (Lipinski definition) is 0. The molecule has 0 spiro atoms. The molecule has 0 bridgehead atoms. The molecule has 0 amide bonds. The zero-order chi connectivity index (χ0) is 16.1. The van der Waals surface area contributed by atoms with Gasteiger partial charge in [0.05, 0.1) is 13.2 Å². The molecule has 21 heavy (non-hydrogen) atoms. The van der Waals surface area contributed by atoms with Gasteiger partial charge in [0.2, 0.25) is 0 Å². The molecular weight excluding hydrogens is 284 g/mol. The second-order valence-corrected chi connectivity index (χ2v) is 10.0. The molecule has 0 N–H and O–H groups in total. The lowest BCUT2D eigenvalue weighted by molar-refractivity contribution is -0.332. The quantitative estimate of drug-likeness (QED) is 0.628. The van der Waals surface area contributed by atoms with Crippen LogP contribution in [0.2, 0.25) is 12.6 Å². The Morgan fingerprint density at radius 3 is 2.19 bits per heavy atom. The average molecular weight is 319 g/mol. The topological polar surface area (TPSA) is 36.9 Å². The molecule has 1 aliphatic rings. The minimum Gasteiger partial charge on any atom is -0.392 e. The third-order valence-electron chi connectivity index (χ3n) is 4.00. The lowest BCUT2D eigenvalue weighted by Gasteiger charge is -2.50. The monoisotopic (exact) mass is 318 g/mol. The highest BCUT2D eigenvalue weighted by atomic mass is 28.4. The highest BCUT2D eigenvalue weighted by Crippen LogP contribution is 2.39. The minimum atomic E-state index is -2.26. The van der Waals surface area contributed by atoms with Gasteiger partial charge in [0.1, 0.15) is 5.60 Å². The Labute approximate surface area is 131 Å². The molecule has 0 saturated carbocycles. The van der Waals surface area contributed by atoms with E-state index in [1.54, 1.807) is 0 Å². The summed E-state index contributed by atoms with van der Waals surface area (Å²) < 4.78 is 24.8. The van der Waals surface area contributed by atoms with Gasteiger partial charge in [-0.3, -0.25) is 0 Å². The third-order valence-corrected chi connectivity index (χ3v) is 7.32. The van der Waals surface area contributed by atoms with Crippen molar-refractivity contribution in [2.45, 2.75) is 90.9 Å². The molecule has 0 aromatic heterocycles. The number of ether oxygens (including phenoxy) is 2. The lowest BCUT2D eigenvalue weighted by atomic mass is 9.94. The van der Waals surface area contributed by atoms with Crippen molar-refractivity contribution >= 4 is 8.56 Å². The molecule has 0 aliphatic carbocycles. The number of rotatable bonds is 8.